The molecule has 0 unspecified atom stereocenters. The van der Waals surface area contributed by atoms with Crippen LogP contribution in [0.2, 0.25) is 0 Å². The molecule has 1 aromatic heterocycles. The van der Waals surface area contributed by atoms with E-state index in [9.17, 15) is 9.59 Å². The van der Waals surface area contributed by atoms with Crippen molar-refractivity contribution >= 4 is 63.2 Å². The van der Waals surface area contributed by atoms with Crippen LogP contribution >= 0.6 is 22.6 Å². The van der Waals surface area contributed by atoms with Crippen molar-refractivity contribution in [1.29, 1.82) is 0 Å². The van der Waals surface area contributed by atoms with Gasteiger partial charge in [-0.05, 0) is 78.9 Å². The normalized spacial score (nSPS) is 15.9. The van der Waals surface area contributed by atoms with E-state index in [4.69, 9.17) is 0 Å². The number of hydrogen-bond acceptors (Lipinski definition) is 7. The summed E-state index contributed by atoms with van der Waals surface area (Å²) in [6.45, 7) is 3.27. The van der Waals surface area contributed by atoms with Crippen LogP contribution in [0.1, 0.15) is 23.2 Å². The summed E-state index contributed by atoms with van der Waals surface area (Å²) in [5, 5.41) is 9.55. The Labute approximate surface area is 223 Å². The maximum atomic E-state index is 12.8. The van der Waals surface area contributed by atoms with Crippen LogP contribution in [0.15, 0.2) is 54.7 Å². The van der Waals surface area contributed by atoms with Gasteiger partial charge < -0.3 is 25.8 Å². The van der Waals surface area contributed by atoms with Crippen molar-refractivity contribution in [2.24, 2.45) is 5.92 Å². The number of aromatic nitrogens is 2. The lowest BCUT2D eigenvalue weighted by atomic mass is 10.1. The van der Waals surface area contributed by atoms with Gasteiger partial charge in [0.25, 0.3) is 5.91 Å². The second-order valence-corrected chi connectivity index (χ2v) is 10.3. The van der Waals surface area contributed by atoms with Gasteiger partial charge >= 0.3 is 0 Å². The lowest BCUT2D eigenvalue weighted by molar-refractivity contribution is -0.117. The van der Waals surface area contributed by atoms with Crippen molar-refractivity contribution < 1.29 is 9.59 Å². The number of rotatable bonds is 7. The Balaban J connectivity index is 1.26. The molecule has 10 heteroatoms. The molecule has 3 aromatic rings. The Morgan fingerprint density at radius 3 is 2.33 bits per heavy atom. The van der Waals surface area contributed by atoms with E-state index in [0.717, 1.165) is 59.7 Å². The van der Waals surface area contributed by atoms with Gasteiger partial charge in [-0.15, -0.1) is 0 Å². The zero-order valence-corrected chi connectivity index (χ0v) is 22.2. The molecule has 186 valence electrons. The molecule has 3 N–H and O–H groups in total. The Bertz CT molecular complexity index is 1260. The number of carbonyl (C=O) groups is 2. The van der Waals surface area contributed by atoms with Gasteiger partial charge in [0, 0.05) is 49.5 Å². The van der Waals surface area contributed by atoms with Crippen LogP contribution in [0.3, 0.4) is 0 Å². The van der Waals surface area contributed by atoms with Crippen LogP contribution in [0.25, 0.3) is 0 Å². The van der Waals surface area contributed by atoms with Crippen LogP contribution in [0.4, 0.5) is 28.8 Å². The topological polar surface area (TPSA) is 102 Å². The molecule has 36 heavy (non-hydrogen) atoms. The molecule has 2 amide bonds. The zero-order chi connectivity index (χ0) is 25.1. The maximum Gasteiger partial charge on any atom is 0.253 e. The Kier molecular flexibility index (Phi) is 7.33. The lowest BCUT2D eigenvalue weighted by Crippen LogP contribution is -2.47. The molecular weight excluding hydrogens is 569 g/mol. The van der Waals surface area contributed by atoms with E-state index in [2.05, 4.69) is 60.5 Å². The Hall–Kier alpha value is -3.25. The quantitative estimate of drug-likeness (QED) is 0.349. The summed E-state index contributed by atoms with van der Waals surface area (Å²) in [5.41, 5.74) is 2.94. The number of benzene rings is 2. The first-order chi connectivity index (χ1) is 17.5. The van der Waals surface area contributed by atoms with Crippen molar-refractivity contribution in [1.82, 2.24) is 19.8 Å². The monoisotopic (exact) mass is 597 g/mol. The molecule has 1 aliphatic carbocycles. The van der Waals surface area contributed by atoms with Gasteiger partial charge in [0.1, 0.15) is 5.82 Å². The maximum absolute atomic E-state index is 12.8. The van der Waals surface area contributed by atoms with E-state index in [1.807, 2.05) is 53.4 Å². The van der Waals surface area contributed by atoms with Crippen LogP contribution < -0.4 is 16.0 Å². The van der Waals surface area contributed by atoms with Crippen molar-refractivity contribution in [2.75, 3.05) is 49.2 Å². The standard InChI is InChI=1S/C26H28IN7O2/c1-33-12-14-34(15-13-33)25(36)18-8-10-19(11-9-18)29-26-28-16-20(27)23(32-26)30-21-4-2-3-5-22(21)31-24(35)17-6-7-17/h2-5,8-11,16-17H,6-7,12-15H2,1H3,(H,31,35)(H2,28,29,30,32). The molecule has 0 spiro atoms. The fraction of sp³-hybridized carbons (Fsp3) is 0.308. The molecule has 2 aliphatic rings. The van der Waals surface area contributed by atoms with Crippen molar-refractivity contribution in [3.63, 3.8) is 0 Å². The molecule has 1 saturated heterocycles. The third kappa shape index (κ3) is 5.93. The summed E-state index contributed by atoms with van der Waals surface area (Å²) < 4.78 is 0.842. The van der Waals surface area contributed by atoms with E-state index in [1.54, 1.807) is 6.20 Å². The van der Waals surface area contributed by atoms with Crippen molar-refractivity contribution in [2.45, 2.75) is 12.8 Å². The highest BCUT2D eigenvalue weighted by molar-refractivity contribution is 14.1. The fourth-order valence-electron chi connectivity index (χ4n) is 3.94. The Morgan fingerprint density at radius 2 is 1.64 bits per heavy atom. The highest BCUT2D eigenvalue weighted by Crippen LogP contribution is 2.33. The molecule has 5 rings (SSSR count). The van der Waals surface area contributed by atoms with Gasteiger partial charge in [0.05, 0.1) is 14.9 Å². The molecule has 0 atom stereocenters. The van der Waals surface area contributed by atoms with Crippen LogP contribution in [0, 0.1) is 9.49 Å². The SMILES string of the molecule is CN1CCN(C(=O)c2ccc(Nc3ncc(I)c(Nc4ccccc4NC(=O)C4CC4)n3)cc2)CC1. The first-order valence-electron chi connectivity index (χ1n) is 12.0. The van der Waals surface area contributed by atoms with E-state index in [1.165, 1.54) is 0 Å². The molecule has 0 bridgehead atoms. The number of anilines is 5. The number of nitrogens with zero attached hydrogens (tertiary/aromatic N) is 4. The number of amides is 2. The molecule has 9 nitrogen and oxygen atoms in total. The zero-order valence-electron chi connectivity index (χ0n) is 20.0. The number of piperazine rings is 1. The molecule has 1 saturated carbocycles. The van der Waals surface area contributed by atoms with E-state index in [-0.39, 0.29) is 17.7 Å². The predicted octanol–water partition coefficient (Wildman–Crippen LogP) is 4.30. The predicted molar refractivity (Wildman–Crippen MR) is 149 cm³/mol. The summed E-state index contributed by atoms with van der Waals surface area (Å²) in [5.74, 6) is 1.28. The Morgan fingerprint density at radius 1 is 0.944 bits per heavy atom. The average Bonchev–Trinajstić information content (AvgIpc) is 3.74. The molecule has 1 aliphatic heterocycles. The lowest BCUT2D eigenvalue weighted by Gasteiger charge is -2.32. The van der Waals surface area contributed by atoms with Crippen LogP contribution in [-0.4, -0.2) is 64.8 Å². The molecule has 2 fully saturated rings. The summed E-state index contributed by atoms with van der Waals surface area (Å²) in [7, 11) is 2.07. The van der Waals surface area contributed by atoms with Crippen LogP contribution in [0.5, 0.6) is 0 Å². The first kappa shape index (κ1) is 24.4. The third-order valence-corrected chi connectivity index (χ3v) is 7.10. The number of para-hydroxylation sites is 2. The second kappa shape index (κ2) is 10.8. The number of likely N-dealkylation sites (N-methyl/N-ethyl adjacent to an activating group) is 1. The van der Waals surface area contributed by atoms with Crippen molar-refractivity contribution in [3.8, 4) is 0 Å². The highest BCUT2D eigenvalue weighted by Gasteiger charge is 2.30. The van der Waals surface area contributed by atoms with Gasteiger partial charge in [-0.25, -0.2) is 4.98 Å². The molecular formula is C26H28IN7O2. The van der Waals surface area contributed by atoms with Gasteiger partial charge in [-0.1, -0.05) is 12.1 Å². The van der Waals surface area contributed by atoms with E-state index in [0.29, 0.717) is 17.3 Å². The van der Waals surface area contributed by atoms with Gasteiger partial charge in [0.15, 0.2) is 0 Å². The number of carbonyl (C=O) groups excluding carboxylic acids is 2. The summed E-state index contributed by atoms with van der Waals surface area (Å²) in [6, 6.07) is 15.0. The summed E-state index contributed by atoms with van der Waals surface area (Å²) in [6.07, 6.45) is 3.63. The van der Waals surface area contributed by atoms with Gasteiger partial charge in [-0.2, -0.15) is 4.98 Å². The molecule has 0 radical (unpaired) electrons. The first-order valence-corrected chi connectivity index (χ1v) is 13.1. The summed E-state index contributed by atoms with van der Waals surface area (Å²) in [4.78, 5) is 38.2. The minimum absolute atomic E-state index is 0.0542. The van der Waals surface area contributed by atoms with E-state index >= 15 is 0 Å². The van der Waals surface area contributed by atoms with E-state index < -0.39 is 0 Å². The van der Waals surface area contributed by atoms with Gasteiger partial charge in [0.2, 0.25) is 11.9 Å². The number of halogens is 1. The number of nitrogens with one attached hydrogen (secondary N) is 3. The highest BCUT2D eigenvalue weighted by atomic mass is 127. The minimum Gasteiger partial charge on any atom is -0.337 e. The smallest absolute Gasteiger partial charge is 0.253 e. The third-order valence-electron chi connectivity index (χ3n) is 6.31. The van der Waals surface area contributed by atoms with Crippen molar-refractivity contribution in [3.05, 3.63) is 63.9 Å². The minimum atomic E-state index is 0.0542. The summed E-state index contributed by atoms with van der Waals surface area (Å²) >= 11 is 2.18. The van der Waals surface area contributed by atoms with Gasteiger partial charge in [-0.3, -0.25) is 9.59 Å². The largest absolute Gasteiger partial charge is 0.337 e. The second-order valence-electron chi connectivity index (χ2n) is 9.12. The molecule has 2 heterocycles. The molecule has 2 aromatic carbocycles. The number of hydrogen-bond donors (Lipinski definition) is 3. The van der Waals surface area contributed by atoms with Crippen LogP contribution in [-0.2, 0) is 4.79 Å². The fourth-order valence-corrected chi connectivity index (χ4v) is 4.34. The average molecular weight is 597 g/mol.